The van der Waals surface area contributed by atoms with Crippen LogP contribution < -0.4 is 4.89 Å². The van der Waals surface area contributed by atoms with Gasteiger partial charge in [-0.2, -0.15) is 13.4 Å². The zero-order valence-electron chi connectivity index (χ0n) is 33.7. The molecule has 1 saturated carbocycles. The molecule has 2 bridgehead atoms. The molecule has 0 radical (unpaired) electrons. The predicted octanol–water partition coefficient (Wildman–Crippen LogP) is 12.8. The Kier molecular flexibility index (Phi) is 21.1. The molecule has 0 saturated heterocycles. The average Bonchev–Trinajstić information content (AvgIpc) is 2.99. The van der Waals surface area contributed by atoms with Crippen molar-refractivity contribution in [3.05, 3.63) is 69.4 Å². The van der Waals surface area contributed by atoms with Crippen LogP contribution in [0.25, 0.3) is 0 Å². The van der Waals surface area contributed by atoms with Crippen LogP contribution >= 0.6 is 29.0 Å². The minimum absolute atomic E-state index is 0. The van der Waals surface area contributed by atoms with Gasteiger partial charge in [0.05, 0.1) is 7.73 Å². The quantitative estimate of drug-likeness (QED) is 0.133. The van der Waals surface area contributed by atoms with Gasteiger partial charge in [-0.3, -0.25) is 9.09 Å². The van der Waals surface area contributed by atoms with E-state index in [4.69, 9.17) is 10.9 Å². The van der Waals surface area contributed by atoms with Crippen LogP contribution in [0.5, 0.6) is 0 Å². The van der Waals surface area contributed by atoms with E-state index in [1.807, 2.05) is 12.5 Å². The highest BCUT2D eigenvalue weighted by Crippen LogP contribution is 2.58. The highest BCUT2D eigenvalue weighted by atomic mass is 32.1. The van der Waals surface area contributed by atoms with Crippen LogP contribution in [0.2, 0.25) is 0 Å². The lowest BCUT2D eigenvalue weighted by Gasteiger charge is -2.52. The Labute approximate surface area is 320 Å². The van der Waals surface area contributed by atoms with Crippen LogP contribution in [0.4, 0.5) is 0 Å². The summed E-state index contributed by atoms with van der Waals surface area (Å²) in [4.78, 5) is 28.0. The Balaban J connectivity index is 0.000000982. The van der Waals surface area contributed by atoms with Gasteiger partial charge in [-0.1, -0.05) is 97.6 Å². The fourth-order valence-electron chi connectivity index (χ4n) is 8.02. The van der Waals surface area contributed by atoms with E-state index in [0.29, 0.717) is 10.8 Å². The zero-order valence-corrected chi connectivity index (χ0v) is 35.4. The molecule has 0 aromatic heterocycles. The molecule has 2 N–H and O–H groups in total. The maximum Gasteiger partial charge on any atom is 0.479 e. The molecule has 0 amide bonds. The molecule has 3 rings (SSSR count). The lowest BCUT2D eigenvalue weighted by atomic mass is 9.53. The number of hydrogen-bond acceptors (Lipinski definition) is 5. The van der Waals surface area contributed by atoms with Gasteiger partial charge in [-0.15, -0.1) is 0 Å². The van der Waals surface area contributed by atoms with Crippen LogP contribution in [-0.2, 0) is 18.0 Å². The summed E-state index contributed by atoms with van der Waals surface area (Å²) in [6.45, 7) is 22.5. The third-order valence-electron chi connectivity index (χ3n) is 11.3. The smallest absolute Gasteiger partial charge is 0.479 e. The van der Waals surface area contributed by atoms with E-state index in [0.717, 1.165) is 55.9 Å². The molecule has 3 aliphatic carbocycles. The summed E-state index contributed by atoms with van der Waals surface area (Å²) < 4.78 is 35.3. The second-order valence-electron chi connectivity index (χ2n) is 16.0. The molecular formula is C41H73O7P2S-. The van der Waals surface area contributed by atoms with Gasteiger partial charge in [0.25, 0.3) is 7.82 Å². The van der Waals surface area contributed by atoms with Crippen LogP contribution in [0.1, 0.15) is 160 Å². The first-order chi connectivity index (χ1) is 23.6. The van der Waals surface area contributed by atoms with Gasteiger partial charge in [0, 0.05) is 0 Å². The van der Waals surface area contributed by atoms with E-state index in [2.05, 4.69) is 109 Å². The molecule has 1 fully saturated rings. The summed E-state index contributed by atoms with van der Waals surface area (Å²) in [5.74, 6) is 1.74. The van der Waals surface area contributed by atoms with Crippen LogP contribution in [0, 0.1) is 22.7 Å². The lowest BCUT2D eigenvalue weighted by molar-refractivity contribution is -0.212. The van der Waals surface area contributed by atoms with E-state index in [-0.39, 0.29) is 14.0 Å². The number of rotatable bonds is 14. The summed E-state index contributed by atoms with van der Waals surface area (Å²) in [5, 5.41) is 0. The third kappa shape index (κ3) is 17.8. The summed E-state index contributed by atoms with van der Waals surface area (Å²) in [7, 11) is -10.2. The number of hydrogen-bond donors (Lipinski definition) is 2. The molecule has 2 unspecified atom stereocenters. The number of phosphoric ester groups is 1. The first-order valence-corrected chi connectivity index (χ1v) is 21.3. The Hall–Kier alpha value is -0.950. The molecule has 0 aromatic carbocycles. The van der Waals surface area contributed by atoms with Crippen molar-refractivity contribution in [3.8, 4) is 0 Å². The van der Waals surface area contributed by atoms with Crippen molar-refractivity contribution in [3.63, 3.8) is 0 Å². The van der Waals surface area contributed by atoms with Crippen molar-refractivity contribution in [1.82, 2.24) is 0 Å². The van der Waals surface area contributed by atoms with Gasteiger partial charge in [-0.05, 0) is 155 Å². The molecule has 0 spiro atoms. The molecule has 5 atom stereocenters. The first-order valence-electron chi connectivity index (χ1n) is 18.8. The predicted molar refractivity (Wildman–Crippen MR) is 220 cm³/mol. The second-order valence-corrected chi connectivity index (χ2v) is 18.8. The number of allylic oxidation sites excluding steroid dienone is 11. The van der Waals surface area contributed by atoms with Gasteiger partial charge in [0.2, 0.25) is 0 Å². The summed E-state index contributed by atoms with van der Waals surface area (Å²) in [6, 6.07) is 0. The highest BCUT2D eigenvalue weighted by Gasteiger charge is 2.46. The monoisotopic (exact) mass is 773 g/mol. The largest absolute Gasteiger partial charge is 0.756 e. The Bertz CT molecular complexity index is 1400. The van der Waals surface area contributed by atoms with Crippen molar-refractivity contribution in [1.29, 1.82) is 1.12 Å². The molecule has 296 valence electrons. The van der Waals surface area contributed by atoms with E-state index in [1.54, 1.807) is 17.2 Å². The second kappa shape index (κ2) is 22.4. The van der Waals surface area contributed by atoms with E-state index >= 15 is 0 Å². The van der Waals surface area contributed by atoms with Gasteiger partial charge in [-0.25, -0.2) is 8.88 Å². The van der Waals surface area contributed by atoms with Crippen molar-refractivity contribution >= 4 is 29.0 Å². The molecule has 3 aliphatic rings. The number of phosphoric acid groups is 2. The maximum atomic E-state index is 11.3. The van der Waals surface area contributed by atoms with Crippen molar-refractivity contribution in [2.45, 2.75) is 160 Å². The molecule has 0 heterocycles. The maximum absolute atomic E-state index is 11.3. The summed E-state index contributed by atoms with van der Waals surface area (Å²) >= 11 is 2.78. The van der Waals surface area contributed by atoms with Gasteiger partial charge >= 0.3 is 7.82 Å². The fourth-order valence-corrected chi connectivity index (χ4v) is 9.52. The Morgan fingerprint density at radius 3 is 1.98 bits per heavy atom. The lowest BCUT2D eigenvalue weighted by Crippen LogP contribution is -2.41. The van der Waals surface area contributed by atoms with Crippen molar-refractivity contribution in [2.75, 3.05) is 6.61 Å². The van der Waals surface area contributed by atoms with Gasteiger partial charge in [0.15, 0.2) is 0 Å². The average molecular weight is 774 g/mol. The summed E-state index contributed by atoms with van der Waals surface area (Å²) in [6.07, 6.45) is 26.3. The SMILES string of the molecule is C.CC(C)=CCC/C(C)=C/CC/C(C)=C/CC/C(C)=C/COP(=O)(O)OP(=O)([O-])O.CC1=CCC[C@@]2(C)CCC3=C(C)CC[C@@H](C[C@H]12)C3(C)C.[3H]S. The van der Waals surface area contributed by atoms with Gasteiger partial charge < -0.3 is 14.7 Å². The highest BCUT2D eigenvalue weighted by molar-refractivity contribution is 7.60. The Morgan fingerprint density at radius 1 is 0.922 bits per heavy atom. The molecule has 0 aliphatic heterocycles. The molecule has 51 heavy (non-hydrogen) atoms. The molecule has 10 heteroatoms. The van der Waals surface area contributed by atoms with Crippen LogP contribution in [0.3, 0.4) is 0 Å². The fraction of sp³-hybridized carbons (Fsp3) is 0.707. The first kappa shape index (κ1) is 48.1. The normalized spacial score (nSPS) is 26.0. The van der Waals surface area contributed by atoms with E-state index in [1.165, 1.54) is 61.7 Å². The third-order valence-corrected chi connectivity index (χ3v) is 13.4. The van der Waals surface area contributed by atoms with Crippen LogP contribution in [0.15, 0.2) is 69.4 Å². The van der Waals surface area contributed by atoms with Gasteiger partial charge in [0.1, 0.15) is 0 Å². The van der Waals surface area contributed by atoms with Crippen molar-refractivity contribution < 1.29 is 32.6 Å². The standard InChI is InChI=1S/C20H36O7P2.C20H32.CH4.H2S/c1-17(2)9-6-10-18(3)11-7-12-19(4)13-8-14-20(5)15-16-26-29(24,25)27-28(21,22)23;1-14-7-6-11-20(5)12-10-17-15(2)8-9-16(13-18(14)20)19(17,3)4;;/h9,11,13,15H,6-8,10,12,14,16H2,1-5H3,(H,24,25)(H2,21,22,23);7,16,18H,6,8-13H2,1-5H3;1H4;1H2/p-1/b18-11+,19-13+,20-15+;;;/t;16-,18+,20-;;/m.0../s1/i/hT. The van der Waals surface area contributed by atoms with E-state index < -0.39 is 15.6 Å². The van der Waals surface area contributed by atoms with Crippen LogP contribution in [-0.4, -0.2) is 17.5 Å². The molecule has 7 nitrogen and oxygen atoms in total. The zero-order chi connectivity index (χ0) is 39.0. The van der Waals surface area contributed by atoms with Crippen molar-refractivity contribution in [2.24, 2.45) is 22.7 Å². The Morgan fingerprint density at radius 2 is 1.45 bits per heavy atom. The van der Waals surface area contributed by atoms with E-state index in [9.17, 15) is 14.0 Å². The topological polar surface area (TPSA) is 116 Å². The minimum Gasteiger partial charge on any atom is -0.756 e. The molecular weight excluding hydrogens is 698 g/mol. The summed E-state index contributed by atoms with van der Waals surface area (Å²) in [5.41, 5.74) is 11.3. The number of fused-ring (bicyclic) bond motifs is 3. The minimum atomic E-state index is -5.33. The molecule has 0 aromatic rings.